The van der Waals surface area contributed by atoms with E-state index in [2.05, 4.69) is 72.5 Å². The molecule has 0 saturated carbocycles. The average molecular weight is 324 g/mol. The molecule has 0 spiro atoms. The maximum atomic E-state index is 6.27. The molecule has 0 fully saturated rings. The second-order valence-corrected chi connectivity index (χ2v) is 6.92. The molecule has 3 aromatic carbocycles. The monoisotopic (exact) mass is 324 g/mol. The van der Waals surface area contributed by atoms with E-state index >= 15 is 0 Å². The van der Waals surface area contributed by atoms with Crippen molar-refractivity contribution in [2.45, 2.75) is 19.3 Å². The minimum atomic E-state index is 0.369. The molecular formula is C23H20N2. The van der Waals surface area contributed by atoms with Crippen LogP contribution in [0.4, 0.5) is 17.1 Å². The number of fused-ring (bicyclic) bond motifs is 4. The van der Waals surface area contributed by atoms with E-state index in [1.165, 1.54) is 39.3 Å². The Morgan fingerprint density at radius 2 is 1.64 bits per heavy atom. The van der Waals surface area contributed by atoms with Crippen LogP contribution in [0.15, 0.2) is 72.4 Å². The molecule has 2 aliphatic rings. The van der Waals surface area contributed by atoms with Crippen molar-refractivity contribution >= 4 is 23.1 Å². The normalized spacial score (nSPS) is 17.6. The molecule has 5 rings (SSSR count). The molecule has 1 aliphatic carbocycles. The van der Waals surface area contributed by atoms with Crippen molar-refractivity contribution in [3.05, 3.63) is 94.7 Å². The lowest BCUT2D eigenvalue weighted by Gasteiger charge is -2.28. The van der Waals surface area contributed by atoms with E-state index in [1.807, 2.05) is 12.1 Å². The molecule has 122 valence electrons. The fourth-order valence-electron chi connectivity index (χ4n) is 4.26. The van der Waals surface area contributed by atoms with Crippen molar-refractivity contribution in [1.82, 2.24) is 0 Å². The summed E-state index contributed by atoms with van der Waals surface area (Å²) in [5.41, 5.74) is 16.3. The van der Waals surface area contributed by atoms with Gasteiger partial charge in [-0.15, -0.1) is 0 Å². The lowest BCUT2D eigenvalue weighted by molar-refractivity contribution is 0.800. The second-order valence-electron chi connectivity index (χ2n) is 6.92. The smallest absolute Gasteiger partial charge is 0.0497 e. The van der Waals surface area contributed by atoms with Gasteiger partial charge in [0.15, 0.2) is 0 Å². The Bertz CT molecular complexity index is 1020. The first-order valence-corrected chi connectivity index (χ1v) is 8.77. The number of nitrogen functional groups attached to an aromatic ring is 1. The number of rotatable bonds is 1. The van der Waals surface area contributed by atoms with Crippen LogP contribution in [0.3, 0.4) is 0 Å². The Balaban J connectivity index is 1.77. The first-order valence-electron chi connectivity index (χ1n) is 8.77. The molecule has 0 saturated heterocycles. The summed E-state index contributed by atoms with van der Waals surface area (Å²) in [7, 11) is 0. The van der Waals surface area contributed by atoms with Gasteiger partial charge in [-0.05, 0) is 59.9 Å². The van der Waals surface area contributed by atoms with Gasteiger partial charge in [-0.2, -0.15) is 0 Å². The summed E-state index contributed by atoms with van der Waals surface area (Å²) in [5.74, 6) is 0.369. The third kappa shape index (κ3) is 2.04. The highest BCUT2D eigenvalue weighted by Gasteiger charge is 2.37. The van der Waals surface area contributed by atoms with Gasteiger partial charge in [-0.3, -0.25) is 0 Å². The second kappa shape index (κ2) is 5.25. The number of benzene rings is 3. The number of anilines is 3. The van der Waals surface area contributed by atoms with Gasteiger partial charge in [0, 0.05) is 28.7 Å². The number of hydrogen-bond donors (Lipinski definition) is 1. The molecule has 1 aliphatic heterocycles. The van der Waals surface area contributed by atoms with Crippen LogP contribution < -0.4 is 10.6 Å². The minimum absolute atomic E-state index is 0.369. The molecule has 1 unspecified atom stereocenters. The highest BCUT2D eigenvalue weighted by molar-refractivity contribution is 5.85. The molecule has 0 aromatic heterocycles. The zero-order chi connectivity index (χ0) is 17.0. The van der Waals surface area contributed by atoms with E-state index in [4.69, 9.17) is 5.73 Å². The fourth-order valence-corrected chi connectivity index (χ4v) is 4.26. The zero-order valence-electron chi connectivity index (χ0n) is 14.2. The third-order valence-electron chi connectivity index (χ3n) is 5.48. The molecule has 1 heterocycles. The number of nitrogens with two attached hydrogens (primary N) is 1. The fraction of sp³-hybridized carbons (Fsp3) is 0.130. The lowest BCUT2D eigenvalue weighted by atomic mass is 9.84. The molecule has 2 nitrogen and oxygen atoms in total. The summed E-state index contributed by atoms with van der Waals surface area (Å²) < 4.78 is 0. The number of hydrogen-bond acceptors (Lipinski definition) is 2. The summed E-state index contributed by atoms with van der Waals surface area (Å²) in [4.78, 5) is 2.43. The Morgan fingerprint density at radius 1 is 0.880 bits per heavy atom. The number of aryl methyl sites for hydroxylation is 1. The van der Waals surface area contributed by atoms with E-state index in [9.17, 15) is 0 Å². The maximum absolute atomic E-state index is 6.27. The molecule has 3 aromatic rings. The van der Waals surface area contributed by atoms with Crippen molar-refractivity contribution in [2.75, 3.05) is 10.6 Å². The highest BCUT2D eigenvalue weighted by atomic mass is 15.2. The summed E-state index contributed by atoms with van der Waals surface area (Å²) >= 11 is 0. The summed E-state index contributed by atoms with van der Waals surface area (Å²) in [6, 6.07) is 23.6. The summed E-state index contributed by atoms with van der Waals surface area (Å²) in [6.45, 7) is 2.18. The quantitative estimate of drug-likeness (QED) is 0.606. The Kier molecular flexibility index (Phi) is 3.01. The minimum Gasteiger partial charge on any atom is -0.398 e. The molecular weight excluding hydrogens is 304 g/mol. The number of allylic oxidation sites excluding steroid dienone is 1. The van der Waals surface area contributed by atoms with Crippen molar-refractivity contribution in [3.8, 4) is 0 Å². The van der Waals surface area contributed by atoms with Crippen LogP contribution in [-0.4, -0.2) is 0 Å². The predicted octanol–water partition coefficient (Wildman–Crippen LogP) is 5.41. The van der Waals surface area contributed by atoms with Gasteiger partial charge in [-0.25, -0.2) is 0 Å². The number of nitrogens with zero attached hydrogens (tertiary/aromatic N) is 1. The SMILES string of the molecule is Cc1ccccc1N1C2=Cc3cccc(N)c3CC2c2ccccc21. The lowest BCUT2D eigenvalue weighted by Crippen LogP contribution is -2.18. The largest absolute Gasteiger partial charge is 0.398 e. The van der Waals surface area contributed by atoms with Crippen molar-refractivity contribution < 1.29 is 0 Å². The van der Waals surface area contributed by atoms with E-state index in [1.54, 1.807) is 0 Å². The molecule has 1 atom stereocenters. The van der Waals surface area contributed by atoms with Gasteiger partial charge in [0.25, 0.3) is 0 Å². The number of para-hydroxylation sites is 2. The standard InChI is InChI=1S/C23H20N2/c1-15-7-2-4-11-21(15)25-22-12-5-3-9-17(22)19-14-18-16(13-23(19)25)8-6-10-20(18)24/h2-13,19H,14,24H2,1H3. The van der Waals surface area contributed by atoms with E-state index < -0.39 is 0 Å². The topological polar surface area (TPSA) is 29.3 Å². The van der Waals surface area contributed by atoms with Crippen LogP contribution >= 0.6 is 0 Å². The van der Waals surface area contributed by atoms with Crippen molar-refractivity contribution in [2.24, 2.45) is 0 Å². The van der Waals surface area contributed by atoms with E-state index in [0.29, 0.717) is 5.92 Å². The third-order valence-corrected chi connectivity index (χ3v) is 5.48. The van der Waals surface area contributed by atoms with Gasteiger partial charge < -0.3 is 10.6 Å². The van der Waals surface area contributed by atoms with Gasteiger partial charge >= 0.3 is 0 Å². The first kappa shape index (κ1) is 14.4. The van der Waals surface area contributed by atoms with Gasteiger partial charge in [-0.1, -0.05) is 48.5 Å². The van der Waals surface area contributed by atoms with Crippen LogP contribution in [0, 0.1) is 6.92 Å². The molecule has 0 radical (unpaired) electrons. The zero-order valence-corrected chi connectivity index (χ0v) is 14.2. The molecule has 0 bridgehead atoms. The van der Waals surface area contributed by atoms with Crippen LogP contribution in [0.2, 0.25) is 0 Å². The molecule has 2 N–H and O–H groups in total. The average Bonchev–Trinajstić information content (AvgIpc) is 2.95. The van der Waals surface area contributed by atoms with Gasteiger partial charge in [0.05, 0.1) is 0 Å². The van der Waals surface area contributed by atoms with Crippen LogP contribution in [0.5, 0.6) is 0 Å². The Morgan fingerprint density at radius 3 is 2.48 bits per heavy atom. The summed E-state index contributed by atoms with van der Waals surface area (Å²) in [6.07, 6.45) is 3.29. The van der Waals surface area contributed by atoms with Gasteiger partial charge in [0.2, 0.25) is 0 Å². The summed E-state index contributed by atoms with van der Waals surface area (Å²) in [5, 5.41) is 0. The van der Waals surface area contributed by atoms with Crippen molar-refractivity contribution in [3.63, 3.8) is 0 Å². The van der Waals surface area contributed by atoms with E-state index in [0.717, 1.165) is 12.1 Å². The predicted molar refractivity (Wildman–Crippen MR) is 105 cm³/mol. The highest BCUT2D eigenvalue weighted by Crippen LogP contribution is 2.52. The molecule has 25 heavy (non-hydrogen) atoms. The molecule has 0 amide bonds. The van der Waals surface area contributed by atoms with E-state index in [-0.39, 0.29) is 0 Å². The Hall–Kier alpha value is -3.00. The van der Waals surface area contributed by atoms with Gasteiger partial charge in [0.1, 0.15) is 0 Å². The Labute approximate surface area is 148 Å². The first-order chi connectivity index (χ1) is 12.2. The van der Waals surface area contributed by atoms with Crippen LogP contribution in [0.1, 0.15) is 28.2 Å². The van der Waals surface area contributed by atoms with Crippen molar-refractivity contribution in [1.29, 1.82) is 0 Å². The maximum Gasteiger partial charge on any atom is 0.0497 e. The van der Waals surface area contributed by atoms with Crippen LogP contribution in [0.25, 0.3) is 6.08 Å². The van der Waals surface area contributed by atoms with Crippen LogP contribution in [-0.2, 0) is 6.42 Å². The molecule has 2 heteroatoms.